The Morgan fingerprint density at radius 3 is 2.34 bits per heavy atom. The molecule has 2 aromatic carbocycles. The summed E-state index contributed by atoms with van der Waals surface area (Å²) >= 11 is 3.32. The van der Waals surface area contributed by atoms with Crippen molar-refractivity contribution < 1.29 is 22.1 Å². The Hall–Kier alpha value is -2.98. The van der Waals surface area contributed by atoms with Gasteiger partial charge in [-0.25, -0.2) is 4.79 Å². The summed E-state index contributed by atoms with van der Waals surface area (Å²) in [5, 5.41) is 4.06. The number of esters is 1. The number of halogens is 1. The van der Waals surface area contributed by atoms with Gasteiger partial charge in [-0.2, -0.15) is 18.2 Å². The minimum absolute atomic E-state index is 0.0267. The van der Waals surface area contributed by atoms with E-state index in [1.165, 1.54) is 0 Å². The van der Waals surface area contributed by atoms with E-state index in [0.29, 0.717) is 21.3 Å². The Kier molecular flexibility index (Phi) is 6.85. The summed E-state index contributed by atoms with van der Waals surface area (Å²) in [7, 11) is -4.37. The van der Waals surface area contributed by atoms with E-state index in [2.05, 4.69) is 21.0 Å². The van der Waals surface area contributed by atoms with Crippen molar-refractivity contribution in [2.24, 2.45) is 0 Å². The second-order valence-electron chi connectivity index (χ2n) is 7.07. The van der Waals surface area contributed by atoms with Crippen molar-refractivity contribution in [2.45, 2.75) is 32.6 Å². The number of hydrogen-bond acceptors (Lipinski definition) is 7. The van der Waals surface area contributed by atoms with Gasteiger partial charge in [-0.3, -0.25) is 4.79 Å². The van der Waals surface area contributed by atoms with Gasteiger partial charge in [0.05, 0.1) is 18.4 Å². The summed E-state index contributed by atoms with van der Waals surface area (Å²) in [6.45, 7) is 6.76. The molecule has 8 nitrogen and oxygen atoms in total. The average Bonchev–Trinajstić information content (AvgIpc) is 2.66. The molecule has 0 amide bonds. The van der Waals surface area contributed by atoms with E-state index in [1.807, 2.05) is 6.92 Å². The van der Waals surface area contributed by atoms with Gasteiger partial charge in [-0.15, -0.1) is 0 Å². The van der Waals surface area contributed by atoms with Crippen LogP contribution in [-0.4, -0.2) is 30.8 Å². The van der Waals surface area contributed by atoms with E-state index in [9.17, 15) is 18.0 Å². The molecule has 0 aliphatic rings. The number of carbonyl (C=O) groups is 1. The molecule has 0 saturated heterocycles. The Labute approximate surface area is 194 Å². The molecule has 1 heterocycles. The number of rotatable bonds is 6. The SMILES string of the molecule is CCOC(=O)c1nn(-c2cccc(Br)c2)c(=O)cc1OS(=O)(=O)c1c(C)cc(C)cc1C. The summed E-state index contributed by atoms with van der Waals surface area (Å²) in [5.41, 5.74) is 1.11. The van der Waals surface area contributed by atoms with Gasteiger partial charge in [0.1, 0.15) is 4.90 Å². The van der Waals surface area contributed by atoms with Crippen LogP contribution in [0.5, 0.6) is 5.75 Å². The molecule has 0 aliphatic heterocycles. The molecule has 0 radical (unpaired) electrons. The number of aryl methyl sites for hydroxylation is 3. The number of ether oxygens (including phenoxy) is 1. The fourth-order valence-electron chi connectivity index (χ4n) is 3.36. The third-order valence-corrected chi connectivity index (χ3v) is 6.51. The Balaban J connectivity index is 2.17. The highest BCUT2D eigenvalue weighted by atomic mass is 79.9. The smallest absolute Gasteiger partial charge is 0.362 e. The van der Waals surface area contributed by atoms with Crippen molar-refractivity contribution in [3.05, 3.63) is 79.7 Å². The van der Waals surface area contributed by atoms with Crippen molar-refractivity contribution in [1.82, 2.24) is 9.78 Å². The molecule has 3 rings (SSSR count). The predicted octanol–water partition coefficient (Wildman–Crippen LogP) is 3.86. The monoisotopic (exact) mass is 520 g/mol. The van der Waals surface area contributed by atoms with Gasteiger partial charge in [0.15, 0.2) is 5.75 Å². The van der Waals surface area contributed by atoms with Crippen LogP contribution >= 0.6 is 15.9 Å². The quantitative estimate of drug-likeness (QED) is 0.358. The molecule has 10 heteroatoms. The highest BCUT2D eigenvalue weighted by Crippen LogP contribution is 2.27. The van der Waals surface area contributed by atoms with Crippen molar-refractivity contribution in [1.29, 1.82) is 0 Å². The maximum Gasteiger partial charge on any atom is 0.362 e. The van der Waals surface area contributed by atoms with Gasteiger partial charge >= 0.3 is 16.1 Å². The van der Waals surface area contributed by atoms with E-state index in [0.717, 1.165) is 16.3 Å². The zero-order chi connectivity index (χ0) is 23.6. The number of hydrogen-bond donors (Lipinski definition) is 0. The van der Waals surface area contributed by atoms with E-state index in [-0.39, 0.29) is 11.5 Å². The van der Waals surface area contributed by atoms with Crippen molar-refractivity contribution in [3.8, 4) is 11.4 Å². The molecule has 3 aromatic rings. The molecule has 0 aliphatic carbocycles. The first-order chi connectivity index (χ1) is 15.0. The standard InChI is InChI=1S/C22H21BrN2O6S/c1-5-30-22(27)20-18(12-19(26)25(24-20)17-8-6-7-16(23)11-17)31-32(28,29)21-14(3)9-13(2)10-15(21)4/h6-12H,5H2,1-4H3. The first kappa shape index (κ1) is 23.7. The number of nitrogens with zero attached hydrogens (tertiary/aromatic N) is 2. The topological polar surface area (TPSA) is 105 Å². The molecule has 0 saturated carbocycles. The molecule has 168 valence electrons. The first-order valence-electron chi connectivity index (χ1n) is 9.63. The first-order valence-corrected chi connectivity index (χ1v) is 11.8. The zero-order valence-corrected chi connectivity index (χ0v) is 20.3. The molecule has 0 unspecified atom stereocenters. The van der Waals surface area contributed by atoms with Crippen LogP contribution in [0.4, 0.5) is 0 Å². The second kappa shape index (κ2) is 9.25. The average molecular weight is 521 g/mol. The van der Waals surface area contributed by atoms with Crippen molar-refractivity contribution in [2.75, 3.05) is 6.61 Å². The van der Waals surface area contributed by atoms with Crippen molar-refractivity contribution in [3.63, 3.8) is 0 Å². The van der Waals surface area contributed by atoms with Crippen LogP contribution in [0, 0.1) is 20.8 Å². The molecule has 0 bridgehead atoms. The van der Waals surface area contributed by atoms with Crippen LogP contribution in [0.2, 0.25) is 0 Å². The summed E-state index contributed by atoms with van der Waals surface area (Å²) < 4.78 is 38.1. The van der Waals surface area contributed by atoms with Gasteiger partial charge in [0.25, 0.3) is 5.56 Å². The fourth-order valence-corrected chi connectivity index (χ4v) is 5.10. The highest BCUT2D eigenvalue weighted by molar-refractivity contribution is 9.10. The molecule has 1 aromatic heterocycles. The van der Waals surface area contributed by atoms with Gasteiger partial charge in [-0.1, -0.05) is 39.7 Å². The molecule has 0 spiro atoms. The van der Waals surface area contributed by atoms with E-state index in [4.69, 9.17) is 8.92 Å². The van der Waals surface area contributed by atoms with E-state index >= 15 is 0 Å². The Morgan fingerprint density at radius 1 is 1.09 bits per heavy atom. The molecule has 0 N–H and O–H groups in total. The number of aromatic nitrogens is 2. The maximum atomic E-state index is 13.1. The maximum absolute atomic E-state index is 13.1. The number of benzene rings is 2. The molecule has 32 heavy (non-hydrogen) atoms. The summed E-state index contributed by atoms with van der Waals surface area (Å²) in [6.07, 6.45) is 0. The lowest BCUT2D eigenvalue weighted by atomic mass is 10.1. The Morgan fingerprint density at radius 2 is 1.75 bits per heavy atom. The Bertz CT molecular complexity index is 1340. The van der Waals surface area contributed by atoms with E-state index in [1.54, 1.807) is 57.2 Å². The normalized spacial score (nSPS) is 11.3. The summed E-state index contributed by atoms with van der Waals surface area (Å²) in [5.74, 6) is -1.42. The minimum Gasteiger partial charge on any atom is -0.461 e. The van der Waals surface area contributed by atoms with Crippen LogP contribution < -0.4 is 9.74 Å². The van der Waals surface area contributed by atoms with Crippen LogP contribution in [0.1, 0.15) is 34.1 Å². The lowest BCUT2D eigenvalue weighted by Crippen LogP contribution is -2.26. The van der Waals surface area contributed by atoms with Gasteiger partial charge in [0.2, 0.25) is 5.69 Å². The lowest BCUT2D eigenvalue weighted by molar-refractivity contribution is 0.0515. The van der Waals surface area contributed by atoms with Crippen LogP contribution in [-0.2, 0) is 14.9 Å². The highest BCUT2D eigenvalue weighted by Gasteiger charge is 2.28. The minimum atomic E-state index is -4.37. The van der Waals surface area contributed by atoms with Gasteiger partial charge in [0, 0.05) is 4.47 Å². The zero-order valence-electron chi connectivity index (χ0n) is 17.9. The van der Waals surface area contributed by atoms with Crippen LogP contribution in [0.25, 0.3) is 5.69 Å². The van der Waals surface area contributed by atoms with Gasteiger partial charge in [-0.05, 0) is 57.0 Å². The largest absolute Gasteiger partial charge is 0.461 e. The summed E-state index contributed by atoms with van der Waals surface area (Å²) in [4.78, 5) is 25.3. The second-order valence-corrected chi connectivity index (χ2v) is 9.47. The third kappa shape index (κ3) is 4.91. The van der Waals surface area contributed by atoms with Gasteiger partial charge < -0.3 is 8.92 Å². The summed E-state index contributed by atoms with van der Waals surface area (Å²) in [6, 6.07) is 11.0. The van der Waals surface area contributed by atoms with Crippen molar-refractivity contribution >= 4 is 32.0 Å². The molecule has 0 fully saturated rings. The lowest BCUT2D eigenvalue weighted by Gasteiger charge is -2.15. The van der Waals surface area contributed by atoms with Crippen LogP contribution in [0.3, 0.4) is 0 Å². The third-order valence-electron chi connectivity index (χ3n) is 4.47. The predicted molar refractivity (Wildman–Crippen MR) is 122 cm³/mol. The number of carbonyl (C=O) groups excluding carboxylic acids is 1. The molecular formula is C22H21BrN2O6S. The molecule has 0 atom stereocenters. The molecular weight excluding hydrogens is 500 g/mol. The van der Waals surface area contributed by atoms with Crippen LogP contribution in [0.15, 0.2) is 56.6 Å². The van der Waals surface area contributed by atoms with E-state index < -0.39 is 33.1 Å². The fraction of sp³-hybridized carbons (Fsp3) is 0.227.